The normalized spacial score (nSPS) is 12.0. The first-order valence-corrected chi connectivity index (χ1v) is 7.89. The van der Waals surface area contributed by atoms with Gasteiger partial charge in [-0.05, 0) is 12.1 Å². The van der Waals surface area contributed by atoms with Crippen LogP contribution < -0.4 is 0 Å². The summed E-state index contributed by atoms with van der Waals surface area (Å²) in [6.07, 6.45) is 0. The van der Waals surface area contributed by atoms with Crippen molar-refractivity contribution in [2.24, 2.45) is 0 Å². The maximum absolute atomic E-state index is 13.6. The Hall–Kier alpha value is -0.500. The van der Waals surface area contributed by atoms with E-state index in [0.717, 1.165) is 6.07 Å². The van der Waals surface area contributed by atoms with Gasteiger partial charge >= 0.3 is 0 Å². The van der Waals surface area contributed by atoms with E-state index in [4.69, 9.17) is 4.74 Å². The van der Waals surface area contributed by atoms with E-state index in [1.165, 1.54) is 29.6 Å². The number of methoxy groups -OCH3 is 1. The molecule has 0 amide bonds. The summed E-state index contributed by atoms with van der Waals surface area (Å²) in [5, 5.41) is 0.477. The highest BCUT2D eigenvalue weighted by atomic mass is 79.9. The SMILES string of the molecule is COCCN(CCBr)S(=O)(=O)c1ccccc1F. The predicted octanol–water partition coefficient (Wildman–Crippen LogP) is 1.86. The Morgan fingerprint density at radius 3 is 2.56 bits per heavy atom. The molecule has 0 saturated heterocycles. The molecule has 18 heavy (non-hydrogen) atoms. The van der Waals surface area contributed by atoms with Crippen molar-refractivity contribution >= 4 is 26.0 Å². The largest absolute Gasteiger partial charge is 0.383 e. The first-order valence-electron chi connectivity index (χ1n) is 5.33. The number of sulfonamides is 1. The maximum Gasteiger partial charge on any atom is 0.246 e. The third-order valence-corrected chi connectivity index (χ3v) is 4.62. The molecule has 0 heterocycles. The second-order valence-electron chi connectivity index (χ2n) is 3.52. The molecule has 0 saturated carbocycles. The van der Waals surface area contributed by atoms with Crippen LogP contribution in [0.5, 0.6) is 0 Å². The lowest BCUT2D eigenvalue weighted by Crippen LogP contribution is -2.35. The maximum atomic E-state index is 13.6. The molecular formula is C11H15BrFNO3S. The van der Waals surface area contributed by atoms with Crippen LogP contribution >= 0.6 is 15.9 Å². The molecule has 0 bridgehead atoms. The molecule has 0 atom stereocenters. The molecule has 1 aromatic rings. The summed E-state index contributed by atoms with van der Waals surface area (Å²) < 4.78 is 44.1. The van der Waals surface area contributed by atoms with Crippen LogP contribution in [-0.4, -0.2) is 44.9 Å². The van der Waals surface area contributed by atoms with Crippen molar-refractivity contribution in [3.63, 3.8) is 0 Å². The fraction of sp³-hybridized carbons (Fsp3) is 0.455. The second-order valence-corrected chi connectivity index (χ2v) is 6.22. The van der Waals surface area contributed by atoms with Gasteiger partial charge < -0.3 is 4.74 Å². The predicted molar refractivity (Wildman–Crippen MR) is 70.8 cm³/mol. The minimum Gasteiger partial charge on any atom is -0.383 e. The van der Waals surface area contributed by atoms with E-state index in [0.29, 0.717) is 5.33 Å². The molecule has 1 aromatic carbocycles. The number of rotatable bonds is 7. The van der Waals surface area contributed by atoms with E-state index in [2.05, 4.69) is 15.9 Å². The van der Waals surface area contributed by atoms with Gasteiger partial charge in [0.25, 0.3) is 0 Å². The lowest BCUT2D eigenvalue weighted by atomic mass is 10.4. The molecule has 0 aliphatic carbocycles. The standard InChI is InChI=1S/C11H15BrFNO3S/c1-17-9-8-14(7-6-12)18(15,16)11-5-3-2-4-10(11)13/h2-5H,6-9H2,1H3. The van der Waals surface area contributed by atoms with Gasteiger partial charge in [0.05, 0.1) is 6.61 Å². The van der Waals surface area contributed by atoms with Crippen LogP contribution in [-0.2, 0) is 14.8 Å². The van der Waals surface area contributed by atoms with Gasteiger partial charge in [-0.1, -0.05) is 28.1 Å². The van der Waals surface area contributed by atoms with Crippen molar-refractivity contribution in [1.29, 1.82) is 0 Å². The van der Waals surface area contributed by atoms with Gasteiger partial charge in [-0.25, -0.2) is 12.8 Å². The number of halogens is 2. The van der Waals surface area contributed by atoms with Gasteiger partial charge in [0, 0.05) is 25.5 Å². The number of benzene rings is 1. The highest BCUT2D eigenvalue weighted by molar-refractivity contribution is 9.09. The number of hydrogen-bond donors (Lipinski definition) is 0. The molecule has 0 aliphatic rings. The molecule has 0 N–H and O–H groups in total. The van der Waals surface area contributed by atoms with E-state index < -0.39 is 15.8 Å². The third-order valence-electron chi connectivity index (χ3n) is 2.33. The van der Waals surface area contributed by atoms with Crippen molar-refractivity contribution in [3.8, 4) is 0 Å². The zero-order valence-corrected chi connectivity index (χ0v) is 12.4. The van der Waals surface area contributed by atoms with E-state index in [1.807, 2.05) is 0 Å². The number of alkyl halides is 1. The Morgan fingerprint density at radius 2 is 2.00 bits per heavy atom. The van der Waals surface area contributed by atoms with Gasteiger partial charge in [0.2, 0.25) is 10.0 Å². The first-order chi connectivity index (χ1) is 8.54. The van der Waals surface area contributed by atoms with Crippen molar-refractivity contribution < 1.29 is 17.5 Å². The Balaban J connectivity index is 3.05. The lowest BCUT2D eigenvalue weighted by Gasteiger charge is -2.21. The molecule has 0 aliphatic heterocycles. The fourth-order valence-electron chi connectivity index (χ4n) is 1.43. The quantitative estimate of drug-likeness (QED) is 0.712. The molecule has 0 fully saturated rings. The van der Waals surface area contributed by atoms with Gasteiger partial charge in [0.15, 0.2) is 0 Å². The zero-order chi connectivity index (χ0) is 13.6. The van der Waals surface area contributed by atoms with Gasteiger partial charge in [-0.15, -0.1) is 0 Å². The van der Waals surface area contributed by atoms with Crippen LogP contribution in [0.3, 0.4) is 0 Å². The topological polar surface area (TPSA) is 46.6 Å². The van der Waals surface area contributed by atoms with E-state index >= 15 is 0 Å². The summed E-state index contributed by atoms with van der Waals surface area (Å²) in [6, 6.07) is 5.35. The van der Waals surface area contributed by atoms with Crippen LogP contribution in [0.2, 0.25) is 0 Å². The van der Waals surface area contributed by atoms with E-state index in [1.54, 1.807) is 0 Å². The zero-order valence-electron chi connectivity index (χ0n) is 9.97. The molecule has 4 nitrogen and oxygen atoms in total. The molecule has 0 unspecified atom stereocenters. The van der Waals surface area contributed by atoms with Gasteiger partial charge in [-0.3, -0.25) is 0 Å². The second kappa shape index (κ2) is 7.18. The Morgan fingerprint density at radius 1 is 1.33 bits per heavy atom. The molecule has 0 radical (unpaired) electrons. The monoisotopic (exact) mass is 339 g/mol. The van der Waals surface area contributed by atoms with Crippen LogP contribution in [0, 0.1) is 5.82 Å². The molecule has 0 spiro atoms. The summed E-state index contributed by atoms with van der Waals surface area (Å²) in [6.45, 7) is 0.722. The van der Waals surface area contributed by atoms with Crippen LogP contribution in [0.4, 0.5) is 4.39 Å². The first kappa shape index (κ1) is 15.6. The molecule has 7 heteroatoms. The van der Waals surface area contributed by atoms with Crippen LogP contribution in [0.25, 0.3) is 0 Å². The summed E-state index contributed by atoms with van der Waals surface area (Å²) >= 11 is 3.18. The molecule has 1 rings (SSSR count). The van der Waals surface area contributed by atoms with Crippen LogP contribution in [0.1, 0.15) is 0 Å². The smallest absolute Gasteiger partial charge is 0.246 e. The summed E-state index contributed by atoms with van der Waals surface area (Å²) in [5.74, 6) is -0.741. The molecule has 0 aromatic heterocycles. The van der Waals surface area contributed by atoms with Gasteiger partial charge in [0.1, 0.15) is 10.7 Å². The Labute approximate surface area is 115 Å². The van der Waals surface area contributed by atoms with E-state index in [9.17, 15) is 12.8 Å². The fourth-order valence-corrected chi connectivity index (χ4v) is 3.59. The highest BCUT2D eigenvalue weighted by Crippen LogP contribution is 2.18. The third kappa shape index (κ3) is 3.74. The Bertz CT molecular complexity index is 481. The average molecular weight is 340 g/mol. The van der Waals surface area contributed by atoms with Crippen molar-refractivity contribution in [3.05, 3.63) is 30.1 Å². The summed E-state index contributed by atoms with van der Waals surface area (Å²) in [4.78, 5) is -0.304. The number of hydrogen-bond acceptors (Lipinski definition) is 3. The van der Waals surface area contributed by atoms with Gasteiger partial charge in [-0.2, -0.15) is 4.31 Å². The molecule has 102 valence electrons. The average Bonchev–Trinajstić information content (AvgIpc) is 2.34. The van der Waals surface area contributed by atoms with E-state index in [-0.39, 0.29) is 24.6 Å². The minimum absolute atomic E-state index is 0.193. The minimum atomic E-state index is -3.82. The summed E-state index contributed by atoms with van der Waals surface area (Å²) in [7, 11) is -2.33. The van der Waals surface area contributed by atoms with Crippen molar-refractivity contribution in [2.75, 3.05) is 32.1 Å². The highest BCUT2D eigenvalue weighted by Gasteiger charge is 2.26. The number of nitrogens with zero attached hydrogens (tertiary/aromatic N) is 1. The molecular weight excluding hydrogens is 325 g/mol. The van der Waals surface area contributed by atoms with Crippen LogP contribution in [0.15, 0.2) is 29.2 Å². The van der Waals surface area contributed by atoms with Crippen molar-refractivity contribution in [1.82, 2.24) is 4.31 Å². The van der Waals surface area contributed by atoms with Crippen molar-refractivity contribution in [2.45, 2.75) is 4.90 Å². The number of ether oxygens (including phenoxy) is 1. The summed E-state index contributed by atoms with van der Waals surface area (Å²) in [5.41, 5.74) is 0. The Kier molecular flexibility index (Phi) is 6.20. The lowest BCUT2D eigenvalue weighted by molar-refractivity contribution is 0.180.